The molecule has 6 nitrogen and oxygen atoms in total. The Morgan fingerprint density at radius 1 is 1.09 bits per heavy atom. The molecular formula is C25H22ClN3O3S. The summed E-state index contributed by atoms with van der Waals surface area (Å²) in [4.78, 5) is 32.4. The minimum atomic E-state index is -0.595. The molecule has 4 rings (SSSR count). The summed E-state index contributed by atoms with van der Waals surface area (Å²) in [5, 5.41) is 3.34. The number of amides is 2. The van der Waals surface area contributed by atoms with Crippen LogP contribution in [0, 0.1) is 0 Å². The lowest BCUT2D eigenvalue weighted by Crippen LogP contribution is -2.44. The number of anilines is 1. The van der Waals surface area contributed by atoms with Crippen molar-refractivity contribution in [2.24, 2.45) is 4.99 Å². The van der Waals surface area contributed by atoms with Gasteiger partial charge in [0.25, 0.3) is 0 Å². The Bertz CT molecular complexity index is 1150. The normalized spacial score (nSPS) is 17.2. The third kappa shape index (κ3) is 5.94. The van der Waals surface area contributed by atoms with Crippen LogP contribution in [-0.2, 0) is 16.1 Å². The molecule has 1 aliphatic heterocycles. The van der Waals surface area contributed by atoms with E-state index >= 15 is 0 Å². The fourth-order valence-electron chi connectivity index (χ4n) is 3.28. The largest absolute Gasteiger partial charge is 0.497 e. The number of benzene rings is 3. The molecule has 1 fully saturated rings. The molecule has 1 atom stereocenters. The van der Waals surface area contributed by atoms with E-state index in [1.54, 1.807) is 36.3 Å². The summed E-state index contributed by atoms with van der Waals surface area (Å²) in [6.45, 7) is 0.354. The SMILES string of the molecule is COc1ccc(CN2C(=O)C[C@@H](C(=O)Nc3ccc(Cl)cc3)SC2=Nc2ccccc2)cc1. The number of thioether (sulfide) groups is 1. The summed E-state index contributed by atoms with van der Waals surface area (Å²) < 4.78 is 5.22. The predicted molar refractivity (Wildman–Crippen MR) is 133 cm³/mol. The third-order valence-electron chi connectivity index (χ3n) is 5.02. The molecule has 168 valence electrons. The van der Waals surface area contributed by atoms with Crippen LogP contribution in [0.1, 0.15) is 12.0 Å². The molecule has 0 aromatic heterocycles. The zero-order valence-electron chi connectivity index (χ0n) is 17.9. The van der Waals surface area contributed by atoms with E-state index in [2.05, 4.69) is 5.32 Å². The quantitative estimate of drug-likeness (QED) is 0.506. The minimum absolute atomic E-state index is 0.0774. The lowest BCUT2D eigenvalue weighted by atomic mass is 10.2. The van der Waals surface area contributed by atoms with Crippen LogP contribution in [0.25, 0.3) is 0 Å². The summed E-state index contributed by atoms with van der Waals surface area (Å²) in [5.74, 6) is 0.339. The molecule has 0 bridgehead atoms. The van der Waals surface area contributed by atoms with Gasteiger partial charge in [-0.15, -0.1) is 0 Å². The van der Waals surface area contributed by atoms with Crippen molar-refractivity contribution < 1.29 is 14.3 Å². The van der Waals surface area contributed by atoms with E-state index < -0.39 is 5.25 Å². The van der Waals surface area contributed by atoms with Gasteiger partial charge >= 0.3 is 0 Å². The van der Waals surface area contributed by atoms with Crippen molar-refractivity contribution in [3.05, 3.63) is 89.4 Å². The van der Waals surface area contributed by atoms with Crippen LogP contribution in [0.2, 0.25) is 5.02 Å². The van der Waals surface area contributed by atoms with Gasteiger partial charge in [-0.2, -0.15) is 0 Å². The fourth-order valence-corrected chi connectivity index (χ4v) is 4.50. The monoisotopic (exact) mass is 479 g/mol. The van der Waals surface area contributed by atoms with E-state index in [-0.39, 0.29) is 18.2 Å². The second-order valence-electron chi connectivity index (χ2n) is 7.36. The van der Waals surface area contributed by atoms with Gasteiger partial charge in [-0.25, -0.2) is 4.99 Å². The molecule has 0 spiro atoms. The van der Waals surface area contributed by atoms with E-state index in [9.17, 15) is 9.59 Å². The van der Waals surface area contributed by atoms with Gasteiger partial charge < -0.3 is 10.1 Å². The first-order chi connectivity index (χ1) is 16.0. The Morgan fingerprint density at radius 3 is 2.45 bits per heavy atom. The molecule has 8 heteroatoms. The molecule has 0 radical (unpaired) electrons. The van der Waals surface area contributed by atoms with E-state index in [0.29, 0.717) is 28.1 Å². The number of amidine groups is 1. The molecule has 3 aromatic rings. The highest BCUT2D eigenvalue weighted by atomic mass is 35.5. The highest BCUT2D eigenvalue weighted by Gasteiger charge is 2.36. The number of carbonyl (C=O) groups is 2. The summed E-state index contributed by atoms with van der Waals surface area (Å²) in [5.41, 5.74) is 2.28. The summed E-state index contributed by atoms with van der Waals surface area (Å²) in [6.07, 6.45) is 0.0774. The number of nitrogens with zero attached hydrogens (tertiary/aromatic N) is 2. The number of carbonyl (C=O) groups excluding carboxylic acids is 2. The number of hydrogen-bond acceptors (Lipinski definition) is 5. The maximum absolute atomic E-state index is 13.1. The predicted octanol–water partition coefficient (Wildman–Crippen LogP) is 5.51. The molecule has 1 aliphatic rings. The average molecular weight is 480 g/mol. The van der Waals surface area contributed by atoms with Crippen molar-refractivity contribution in [2.45, 2.75) is 18.2 Å². The number of hydrogen-bond donors (Lipinski definition) is 1. The molecule has 1 heterocycles. The summed E-state index contributed by atoms with van der Waals surface area (Å²) in [6, 6.07) is 23.8. The Hall–Kier alpha value is -3.29. The number of ether oxygens (including phenoxy) is 1. The Balaban J connectivity index is 1.57. The fraction of sp³-hybridized carbons (Fsp3) is 0.160. The van der Waals surface area contributed by atoms with Crippen LogP contribution in [0.4, 0.5) is 11.4 Å². The van der Waals surface area contributed by atoms with E-state index in [1.165, 1.54) is 11.8 Å². The molecule has 1 N–H and O–H groups in total. The summed E-state index contributed by atoms with van der Waals surface area (Å²) in [7, 11) is 1.61. The smallest absolute Gasteiger partial charge is 0.238 e. The second-order valence-corrected chi connectivity index (χ2v) is 8.97. The number of nitrogens with one attached hydrogen (secondary N) is 1. The Labute approximate surface area is 201 Å². The number of methoxy groups -OCH3 is 1. The lowest BCUT2D eigenvalue weighted by molar-refractivity contribution is -0.129. The summed E-state index contributed by atoms with van der Waals surface area (Å²) >= 11 is 7.21. The van der Waals surface area contributed by atoms with Gasteiger partial charge in [0.05, 0.1) is 19.3 Å². The van der Waals surface area contributed by atoms with E-state index in [1.807, 2.05) is 54.6 Å². The van der Waals surface area contributed by atoms with Gasteiger partial charge in [-0.1, -0.05) is 53.7 Å². The number of para-hydroxylation sites is 1. The maximum atomic E-state index is 13.1. The van der Waals surface area contributed by atoms with Gasteiger partial charge in [0.15, 0.2) is 5.17 Å². The van der Waals surface area contributed by atoms with Crippen LogP contribution in [0.15, 0.2) is 83.9 Å². The molecule has 0 aliphatic carbocycles. The number of aliphatic imine (C=N–C) groups is 1. The molecule has 2 amide bonds. The van der Waals surface area contributed by atoms with Crippen molar-refractivity contribution in [1.82, 2.24) is 4.90 Å². The Kier molecular flexibility index (Phi) is 7.32. The third-order valence-corrected chi connectivity index (χ3v) is 6.46. The highest BCUT2D eigenvalue weighted by Crippen LogP contribution is 2.31. The van der Waals surface area contributed by atoms with Gasteiger partial charge in [0, 0.05) is 17.1 Å². The topological polar surface area (TPSA) is 71.0 Å². The first kappa shape index (κ1) is 22.9. The van der Waals surface area contributed by atoms with Crippen LogP contribution >= 0.6 is 23.4 Å². The van der Waals surface area contributed by atoms with Crippen molar-refractivity contribution in [3.63, 3.8) is 0 Å². The van der Waals surface area contributed by atoms with Gasteiger partial charge in [0.2, 0.25) is 11.8 Å². The van der Waals surface area contributed by atoms with Crippen LogP contribution in [-0.4, -0.2) is 34.2 Å². The van der Waals surface area contributed by atoms with Gasteiger partial charge in [-0.05, 0) is 54.1 Å². The standard InChI is InChI=1S/C25H22ClN3O3S/c1-32-21-13-7-17(8-14-21)16-29-23(30)15-22(24(31)27-20-11-9-18(26)10-12-20)33-25(29)28-19-5-3-2-4-6-19/h2-14,22H,15-16H2,1H3,(H,27,31)/t22-/m0/s1. The number of rotatable bonds is 6. The maximum Gasteiger partial charge on any atom is 0.238 e. The van der Waals surface area contributed by atoms with E-state index in [0.717, 1.165) is 11.3 Å². The zero-order chi connectivity index (χ0) is 23.2. The van der Waals surface area contributed by atoms with Crippen molar-refractivity contribution >= 4 is 51.7 Å². The molecule has 3 aromatic carbocycles. The van der Waals surface area contributed by atoms with Crippen LogP contribution in [0.3, 0.4) is 0 Å². The highest BCUT2D eigenvalue weighted by molar-refractivity contribution is 8.15. The van der Waals surface area contributed by atoms with E-state index in [4.69, 9.17) is 21.3 Å². The van der Waals surface area contributed by atoms with Crippen molar-refractivity contribution in [2.75, 3.05) is 12.4 Å². The molecular weight excluding hydrogens is 458 g/mol. The molecule has 0 saturated carbocycles. The lowest BCUT2D eigenvalue weighted by Gasteiger charge is -2.32. The van der Waals surface area contributed by atoms with Crippen molar-refractivity contribution in [3.8, 4) is 5.75 Å². The molecule has 33 heavy (non-hydrogen) atoms. The average Bonchev–Trinajstić information content (AvgIpc) is 2.83. The first-order valence-corrected chi connectivity index (χ1v) is 11.6. The van der Waals surface area contributed by atoms with Crippen LogP contribution in [0.5, 0.6) is 5.75 Å². The van der Waals surface area contributed by atoms with Gasteiger partial charge in [0.1, 0.15) is 11.0 Å². The molecule has 1 saturated heterocycles. The van der Waals surface area contributed by atoms with Gasteiger partial charge in [-0.3, -0.25) is 14.5 Å². The minimum Gasteiger partial charge on any atom is -0.497 e. The second kappa shape index (κ2) is 10.6. The van der Waals surface area contributed by atoms with Crippen LogP contribution < -0.4 is 10.1 Å². The Morgan fingerprint density at radius 2 is 1.79 bits per heavy atom. The molecule has 0 unspecified atom stereocenters. The zero-order valence-corrected chi connectivity index (χ0v) is 19.5. The first-order valence-electron chi connectivity index (χ1n) is 10.3. The van der Waals surface area contributed by atoms with Crippen molar-refractivity contribution in [1.29, 1.82) is 0 Å². The number of halogens is 1.